The first-order valence-electron chi connectivity index (χ1n) is 1.78. The molecular formula is CH6O6P2Pt. The summed E-state index contributed by atoms with van der Waals surface area (Å²) in [6, 6.07) is 0. The van der Waals surface area contributed by atoms with Crippen LogP contribution in [0.25, 0.3) is 0 Å². The van der Waals surface area contributed by atoms with Gasteiger partial charge in [0.15, 0.2) is 0 Å². The molecule has 0 aliphatic rings. The van der Waals surface area contributed by atoms with Gasteiger partial charge in [0.25, 0.3) is 0 Å². The average Bonchev–Trinajstić information content (AvgIpc) is 1.14. The van der Waals surface area contributed by atoms with E-state index in [-0.39, 0.29) is 21.1 Å². The monoisotopic (exact) mass is 371 g/mol. The second-order valence-corrected chi connectivity index (χ2v) is 4.62. The van der Waals surface area contributed by atoms with Crippen molar-refractivity contribution in [2.75, 3.05) is 6.66 Å². The minimum atomic E-state index is -4.80. The molecule has 66 valence electrons. The van der Waals surface area contributed by atoms with Crippen molar-refractivity contribution in [2.24, 2.45) is 0 Å². The minimum absolute atomic E-state index is 0. The summed E-state index contributed by atoms with van der Waals surface area (Å²) in [5.74, 6) is 0. The van der Waals surface area contributed by atoms with E-state index in [2.05, 4.69) is 4.31 Å². The standard InChI is InChI=1S/CH6O6P2.Pt/c1-8(2,3)7-9(4,5)6;/h1H3,(H,2,3)(H2,4,5,6);. The molecule has 0 fully saturated rings. The van der Waals surface area contributed by atoms with Crippen LogP contribution in [0, 0.1) is 0 Å². The summed E-state index contributed by atoms with van der Waals surface area (Å²) in [4.78, 5) is 24.0. The van der Waals surface area contributed by atoms with Gasteiger partial charge < -0.3 is 14.7 Å². The van der Waals surface area contributed by atoms with Gasteiger partial charge in [0.2, 0.25) is 0 Å². The van der Waals surface area contributed by atoms with Crippen LogP contribution in [0.2, 0.25) is 0 Å². The van der Waals surface area contributed by atoms with Gasteiger partial charge in [-0.3, -0.25) is 4.57 Å². The van der Waals surface area contributed by atoms with Crippen LogP contribution in [-0.2, 0) is 34.5 Å². The van der Waals surface area contributed by atoms with Crippen LogP contribution < -0.4 is 0 Å². The molecule has 0 aliphatic heterocycles. The second kappa shape index (κ2) is 4.12. The van der Waals surface area contributed by atoms with Crippen LogP contribution in [0.1, 0.15) is 0 Å². The van der Waals surface area contributed by atoms with Crippen molar-refractivity contribution in [1.29, 1.82) is 0 Å². The molecular weight excluding hydrogens is 365 g/mol. The molecule has 1 atom stereocenters. The minimum Gasteiger partial charge on any atom is -0.324 e. The molecule has 10 heavy (non-hydrogen) atoms. The largest absolute Gasteiger partial charge is 0.476 e. The van der Waals surface area contributed by atoms with E-state index in [1.54, 1.807) is 0 Å². The Balaban J connectivity index is 0. The fourth-order valence-corrected chi connectivity index (χ4v) is 1.78. The topological polar surface area (TPSA) is 104 Å². The fraction of sp³-hybridized carbons (Fsp3) is 1.00. The molecule has 1 unspecified atom stereocenters. The summed E-state index contributed by atoms with van der Waals surface area (Å²) in [6.07, 6.45) is 0. The maximum atomic E-state index is 10.1. The van der Waals surface area contributed by atoms with E-state index in [0.717, 1.165) is 0 Å². The van der Waals surface area contributed by atoms with Gasteiger partial charge in [0, 0.05) is 27.7 Å². The smallest absolute Gasteiger partial charge is 0.324 e. The third-order valence-corrected chi connectivity index (χ3v) is 2.32. The predicted molar refractivity (Wildman–Crippen MR) is 28.9 cm³/mol. The first kappa shape index (κ1) is 13.6. The maximum absolute atomic E-state index is 10.1. The van der Waals surface area contributed by atoms with Crippen molar-refractivity contribution >= 4 is 15.4 Å². The second-order valence-electron chi connectivity index (χ2n) is 1.38. The van der Waals surface area contributed by atoms with Crippen LogP contribution in [0.4, 0.5) is 0 Å². The molecule has 0 spiro atoms. The Kier molecular flexibility index (Phi) is 5.60. The Hall–Kier alpha value is 0.988. The van der Waals surface area contributed by atoms with Crippen molar-refractivity contribution < 1.29 is 49.2 Å². The van der Waals surface area contributed by atoms with E-state index in [4.69, 9.17) is 14.7 Å². The summed E-state index contributed by atoms with van der Waals surface area (Å²) in [7, 11) is -8.85. The van der Waals surface area contributed by atoms with Crippen molar-refractivity contribution in [1.82, 2.24) is 0 Å². The Bertz CT molecular complexity index is 156. The SMILES string of the molecule is CP(=O)(O)OP(=O)(O)O.[Pt]. The molecule has 0 rings (SSSR count). The predicted octanol–water partition coefficient (Wildman–Crippen LogP) is -0.0916. The van der Waals surface area contributed by atoms with Crippen LogP contribution in [-0.4, -0.2) is 21.3 Å². The van der Waals surface area contributed by atoms with E-state index in [0.29, 0.717) is 6.66 Å². The molecule has 3 N–H and O–H groups in total. The van der Waals surface area contributed by atoms with Crippen LogP contribution >= 0.6 is 15.4 Å². The summed E-state index contributed by atoms with van der Waals surface area (Å²) in [6.45, 7) is 0.687. The summed E-state index contributed by atoms with van der Waals surface area (Å²) < 4.78 is 23.3. The maximum Gasteiger partial charge on any atom is 0.476 e. The van der Waals surface area contributed by atoms with Crippen molar-refractivity contribution in [2.45, 2.75) is 0 Å². The van der Waals surface area contributed by atoms with E-state index in [9.17, 15) is 9.13 Å². The Morgan fingerprint density at radius 1 is 1.20 bits per heavy atom. The summed E-state index contributed by atoms with van der Waals surface area (Å²) >= 11 is 0. The zero-order chi connectivity index (χ0) is 7.71. The molecule has 0 aromatic heterocycles. The summed E-state index contributed by atoms with van der Waals surface area (Å²) in [5.41, 5.74) is 0. The zero-order valence-corrected chi connectivity index (χ0v) is 8.84. The Labute approximate surface area is 71.6 Å². The van der Waals surface area contributed by atoms with Crippen molar-refractivity contribution in [3.63, 3.8) is 0 Å². The zero-order valence-electron chi connectivity index (χ0n) is 4.78. The Morgan fingerprint density at radius 3 is 1.50 bits per heavy atom. The van der Waals surface area contributed by atoms with Gasteiger partial charge in [0.1, 0.15) is 0 Å². The van der Waals surface area contributed by atoms with E-state index < -0.39 is 15.4 Å². The number of rotatable bonds is 2. The van der Waals surface area contributed by atoms with Crippen LogP contribution in [0.5, 0.6) is 0 Å². The number of phosphoric acid groups is 1. The van der Waals surface area contributed by atoms with Gasteiger partial charge in [-0.2, -0.15) is 0 Å². The van der Waals surface area contributed by atoms with E-state index >= 15 is 0 Å². The fourth-order valence-electron chi connectivity index (χ4n) is 0.197. The van der Waals surface area contributed by atoms with Crippen molar-refractivity contribution in [3.05, 3.63) is 0 Å². The molecule has 0 radical (unpaired) electrons. The molecule has 0 bridgehead atoms. The third-order valence-electron chi connectivity index (χ3n) is 0.258. The molecule has 0 amide bonds. The first-order chi connectivity index (χ1) is 3.71. The first-order valence-corrected chi connectivity index (χ1v) is 5.33. The molecule has 0 aromatic rings. The van der Waals surface area contributed by atoms with Crippen LogP contribution in [0.3, 0.4) is 0 Å². The molecule has 6 nitrogen and oxygen atoms in total. The van der Waals surface area contributed by atoms with Gasteiger partial charge in [-0.25, -0.2) is 8.88 Å². The van der Waals surface area contributed by atoms with Gasteiger partial charge in [0.05, 0.1) is 0 Å². The molecule has 0 saturated carbocycles. The molecule has 0 saturated heterocycles. The average molecular weight is 371 g/mol. The van der Waals surface area contributed by atoms with Crippen LogP contribution in [0.15, 0.2) is 0 Å². The quantitative estimate of drug-likeness (QED) is 0.587. The molecule has 0 heterocycles. The third kappa shape index (κ3) is 11.7. The van der Waals surface area contributed by atoms with Gasteiger partial charge in [-0.15, -0.1) is 0 Å². The summed E-state index contributed by atoms with van der Waals surface area (Å²) in [5, 5.41) is 0. The van der Waals surface area contributed by atoms with Gasteiger partial charge >= 0.3 is 15.4 Å². The molecule has 9 heteroatoms. The van der Waals surface area contributed by atoms with Gasteiger partial charge in [-0.1, -0.05) is 0 Å². The number of hydrogen-bond acceptors (Lipinski definition) is 3. The molecule has 0 aliphatic carbocycles. The van der Waals surface area contributed by atoms with E-state index in [1.807, 2.05) is 0 Å². The normalized spacial score (nSPS) is 17.2. The van der Waals surface area contributed by atoms with E-state index in [1.165, 1.54) is 0 Å². The van der Waals surface area contributed by atoms with Gasteiger partial charge in [-0.05, 0) is 0 Å². The molecule has 0 aromatic carbocycles. The number of hydrogen-bond donors (Lipinski definition) is 3. The Morgan fingerprint density at radius 2 is 1.50 bits per heavy atom. The van der Waals surface area contributed by atoms with Crippen molar-refractivity contribution in [3.8, 4) is 0 Å².